The summed E-state index contributed by atoms with van der Waals surface area (Å²) in [6.07, 6.45) is 5.48. The molecule has 3 aliphatic heterocycles. The van der Waals surface area contributed by atoms with Crippen molar-refractivity contribution in [2.75, 3.05) is 43.6 Å². The van der Waals surface area contributed by atoms with Crippen LogP contribution in [0.2, 0.25) is 0 Å². The molecule has 0 amide bonds. The van der Waals surface area contributed by atoms with Crippen LogP contribution in [-0.4, -0.2) is 70.4 Å². The van der Waals surface area contributed by atoms with Gasteiger partial charge in [-0.3, -0.25) is 0 Å². The van der Waals surface area contributed by atoms with Crippen LogP contribution in [0.4, 0.5) is 11.6 Å². The maximum absolute atomic E-state index is 6.59. The third-order valence-electron chi connectivity index (χ3n) is 8.04. The molecule has 2 fully saturated rings. The van der Waals surface area contributed by atoms with E-state index in [-0.39, 0.29) is 23.8 Å². The monoisotopic (exact) mass is 541 g/mol. The Hall–Kier alpha value is -3.92. The van der Waals surface area contributed by atoms with Crippen molar-refractivity contribution >= 4 is 39.5 Å². The molecule has 0 bridgehead atoms. The number of nitrogens with zero attached hydrogens (tertiary/aromatic N) is 6. The smallest absolute Gasteiger partial charge is 0.219 e. The predicted octanol–water partition coefficient (Wildman–Crippen LogP) is 4.79. The number of ether oxygens (including phenoxy) is 3. The van der Waals surface area contributed by atoms with Crippen molar-refractivity contribution in [3.8, 4) is 5.75 Å². The van der Waals surface area contributed by atoms with Crippen molar-refractivity contribution < 1.29 is 14.2 Å². The zero-order valence-corrected chi connectivity index (χ0v) is 23.4. The van der Waals surface area contributed by atoms with Crippen molar-refractivity contribution in [3.05, 3.63) is 48.4 Å². The van der Waals surface area contributed by atoms with Gasteiger partial charge in [-0.25, -0.2) is 19.9 Å². The van der Waals surface area contributed by atoms with Crippen molar-refractivity contribution in [3.63, 3.8) is 0 Å². The molecule has 0 spiro atoms. The first kappa shape index (κ1) is 25.1. The largest absolute Gasteiger partial charge is 0.491 e. The number of fused-ring (bicyclic) bond motifs is 2. The molecule has 0 saturated carbocycles. The fraction of sp³-hybridized carbons (Fsp3) is 0.467. The maximum Gasteiger partial charge on any atom is 0.219 e. The highest BCUT2D eigenvalue weighted by atomic mass is 16.6. The summed E-state index contributed by atoms with van der Waals surface area (Å²) in [6, 6.07) is 10.3. The van der Waals surface area contributed by atoms with Crippen LogP contribution >= 0.6 is 0 Å². The van der Waals surface area contributed by atoms with E-state index in [4.69, 9.17) is 24.2 Å². The Morgan fingerprint density at radius 3 is 2.75 bits per heavy atom. The van der Waals surface area contributed by atoms with Crippen LogP contribution in [0.25, 0.3) is 21.9 Å². The summed E-state index contributed by atoms with van der Waals surface area (Å²) in [6.45, 7) is 9.50. The van der Waals surface area contributed by atoms with E-state index in [0.717, 1.165) is 64.4 Å². The molecule has 3 aromatic heterocycles. The van der Waals surface area contributed by atoms with E-state index >= 15 is 0 Å². The van der Waals surface area contributed by atoms with E-state index in [1.54, 1.807) is 6.33 Å². The minimum atomic E-state index is -0.270. The quantitative estimate of drug-likeness (QED) is 0.357. The number of hydrogen-bond acceptors (Lipinski definition) is 9. The minimum absolute atomic E-state index is 0.0541. The summed E-state index contributed by atoms with van der Waals surface area (Å²) in [4.78, 5) is 21.1. The topological polar surface area (TPSA) is 98.9 Å². The van der Waals surface area contributed by atoms with Crippen molar-refractivity contribution in [2.24, 2.45) is 10.9 Å². The van der Waals surface area contributed by atoms with Crippen LogP contribution in [0.1, 0.15) is 45.4 Å². The van der Waals surface area contributed by atoms with Crippen LogP contribution in [0.5, 0.6) is 5.75 Å². The standard InChI is InChI=1S/C30H35N7O3/c1-18-12-21(15-38-20-8-6-19-7-9-24(34-23(19)13-20)36-10-5-11-36)40-29(18)37-14-22(28-35-30(2,3)16-39-28)25-26(31-4)32-17-33-27(25)37/h6-9,13-14,17-18,21,29H,5,10-12,15-16H2,1-4H3,(H,31,32,33). The third kappa shape index (κ3) is 4.40. The zero-order chi connectivity index (χ0) is 27.4. The number of benzene rings is 1. The number of anilines is 2. The Labute approximate surface area is 233 Å². The summed E-state index contributed by atoms with van der Waals surface area (Å²) >= 11 is 0. The summed E-state index contributed by atoms with van der Waals surface area (Å²) < 4.78 is 21.0. The zero-order valence-electron chi connectivity index (χ0n) is 23.4. The van der Waals surface area contributed by atoms with E-state index in [1.807, 2.05) is 19.2 Å². The highest BCUT2D eigenvalue weighted by Crippen LogP contribution is 2.39. The van der Waals surface area contributed by atoms with Gasteiger partial charge < -0.3 is 29.0 Å². The van der Waals surface area contributed by atoms with Gasteiger partial charge in [-0.2, -0.15) is 0 Å². The van der Waals surface area contributed by atoms with Crippen molar-refractivity contribution in [1.29, 1.82) is 0 Å². The van der Waals surface area contributed by atoms with Gasteiger partial charge in [0.1, 0.15) is 48.8 Å². The Kier molecular flexibility index (Phi) is 6.03. The van der Waals surface area contributed by atoms with Gasteiger partial charge >= 0.3 is 0 Å². The van der Waals surface area contributed by atoms with Crippen LogP contribution < -0.4 is 15.0 Å². The fourth-order valence-electron chi connectivity index (χ4n) is 5.80. The van der Waals surface area contributed by atoms with Gasteiger partial charge in [0.25, 0.3) is 0 Å². The lowest BCUT2D eigenvalue weighted by Crippen LogP contribution is -2.37. The van der Waals surface area contributed by atoms with Crippen molar-refractivity contribution in [2.45, 2.75) is 51.5 Å². The van der Waals surface area contributed by atoms with Gasteiger partial charge in [0.15, 0.2) is 0 Å². The molecule has 3 atom stereocenters. The lowest BCUT2D eigenvalue weighted by Gasteiger charge is -2.32. The Balaban J connectivity index is 1.12. The van der Waals surface area contributed by atoms with E-state index in [9.17, 15) is 0 Å². The normalized spacial score (nSPS) is 23.8. The number of pyridine rings is 1. The molecule has 6 heterocycles. The molecule has 1 N–H and O–H groups in total. The van der Waals surface area contributed by atoms with E-state index < -0.39 is 0 Å². The molecular formula is C30H35N7O3. The Bertz CT molecular complexity index is 1610. The molecule has 1 aromatic carbocycles. The van der Waals surface area contributed by atoms with Gasteiger partial charge in [0, 0.05) is 43.7 Å². The second-order valence-corrected chi connectivity index (χ2v) is 11.7. The fourth-order valence-corrected chi connectivity index (χ4v) is 5.80. The second-order valence-electron chi connectivity index (χ2n) is 11.7. The van der Waals surface area contributed by atoms with Crippen molar-refractivity contribution in [1.82, 2.24) is 19.5 Å². The number of hydrogen-bond donors (Lipinski definition) is 1. The van der Waals surface area contributed by atoms with Gasteiger partial charge in [0.2, 0.25) is 5.90 Å². The summed E-state index contributed by atoms with van der Waals surface area (Å²) in [5.41, 5.74) is 2.35. The Morgan fingerprint density at radius 2 is 2.00 bits per heavy atom. The van der Waals surface area contributed by atoms with Crippen LogP contribution in [0.15, 0.2) is 47.8 Å². The number of aliphatic imine (C=N–C) groups is 1. The average molecular weight is 542 g/mol. The Morgan fingerprint density at radius 1 is 1.15 bits per heavy atom. The molecule has 3 unspecified atom stereocenters. The molecule has 2 saturated heterocycles. The summed E-state index contributed by atoms with van der Waals surface area (Å²) in [5, 5.41) is 5.20. The molecule has 0 radical (unpaired) electrons. The maximum atomic E-state index is 6.59. The molecular weight excluding hydrogens is 506 g/mol. The molecule has 10 nitrogen and oxygen atoms in total. The highest BCUT2D eigenvalue weighted by molar-refractivity contribution is 6.10. The first-order valence-electron chi connectivity index (χ1n) is 14.1. The van der Waals surface area contributed by atoms with E-state index in [2.05, 4.69) is 69.9 Å². The number of aromatic nitrogens is 4. The van der Waals surface area contributed by atoms with Gasteiger partial charge in [-0.15, -0.1) is 0 Å². The molecule has 208 valence electrons. The molecule has 4 aromatic rings. The molecule has 3 aliphatic rings. The first-order chi connectivity index (χ1) is 19.4. The van der Waals surface area contributed by atoms with Gasteiger partial charge in [-0.1, -0.05) is 6.92 Å². The van der Waals surface area contributed by atoms with Gasteiger partial charge in [0.05, 0.1) is 28.1 Å². The van der Waals surface area contributed by atoms with Crippen LogP contribution in [0.3, 0.4) is 0 Å². The molecule has 40 heavy (non-hydrogen) atoms. The lowest BCUT2D eigenvalue weighted by molar-refractivity contribution is -0.0249. The SMILES string of the molecule is CNc1ncnc2c1c(C1=NC(C)(C)CO1)cn2C1OC(COc2ccc3ccc(N4CCC4)nc3c2)CC1C. The highest BCUT2D eigenvalue weighted by Gasteiger charge is 2.37. The van der Waals surface area contributed by atoms with Crippen LogP contribution in [0, 0.1) is 5.92 Å². The summed E-state index contributed by atoms with van der Waals surface area (Å²) in [7, 11) is 1.86. The predicted molar refractivity (Wildman–Crippen MR) is 155 cm³/mol. The molecule has 7 rings (SSSR count). The summed E-state index contributed by atoms with van der Waals surface area (Å²) in [5.74, 6) is 3.45. The third-order valence-corrected chi connectivity index (χ3v) is 8.04. The lowest BCUT2D eigenvalue weighted by atomic mass is 10.1. The van der Waals surface area contributed by atoms with E-state index in [1.165, 1.54) is 6.42 Å². The minimum Gasteiger partial charge on any atom is -0.491 e. The van der Waals surface area contributed by atoms with Gasteiger partial charge in [-0.05, 0) is 51.0 Å². The second kappa shape index (κ2) is 9.62. The van der Waals surface area contributed by atoms with E-state index in [0.29, 0.717) is 19.1 Å². The van der Waals surface area contributed by atoms with Crippen LogP contribution in [-0.2, 0) is 9.47 Å². The first-order valence-corrected chi connectivity index (χ1v) is 14.1. The number of rotatable bonds is 7. The molecule has 0 aliphatic carbocycles. The average Bonchev–Trinajstić information content (AvgIpc) is 3.60. The molecule has 10 heteroatoms. The number of nitrogens with one attached hydrogen (secondary N) is 1.